The minimum Gasteiger partial charge on any atom is -0.387 e. The molecule has 1 amide bonds. The number of ether oxygens (including phenoxy) is 1. The molecule has 18 heavy (non-hydrogen) atoms. The molecule has 3 atom stereocenters. The fourth-order valence-corrected chi connectivity index (χ4v) is 2.42. The van der Waals surface area contributed by atoms with E-state index in [2.05, 4.69) is 5.32 Å². The summed E-state index contributed by atoms with van der Waals surface area (Å²) in [7, 11) is 3.80. The number of aliphatic hydroxyl groups is 1. The Kier molecular flexibility index (Phi) is 5.56. The zero-order chi connectivity index (χ0) is 13.8. The van der Waals surface area contributed by atoms with Crippen molar-refractivity contribution in [3.63, 3.8) is 0 Å². The van der Waals surface area contributed by atoms with E-state index in [9.17, 15) is 9.90 Å². The van der Waals surface area contributed by atoms with E-state index >= 15 is 0 Å². The van der Waals surface area contributed by atoms with Gasteiger partial charge in [0, 0.05) is 32.2 Å². The molecule has 1 saturated heterocycles. The van der Waals surface area contributed by atoms with Crippen LogP contribution in [0.15, 0.2) is 0 Å². The van der Waals surface area contributed by atoms with Crippen molar-refractivity contribution in [2.24, 2.45) is 11.8 Å². The number of carbonyl (C=O) groups excluding carboxylic acids is 1. The highest BCUT2D eigenvalue weighted by Gasteiger charge is 2.30. The van der Waals surface area contributed by atoms with Crippen molar-refractivity contribution in [2.75, 3.05) is 40.4 Å². The highest BCUT2D eigenvalue weighted by molar-refractivity contribution is 5.79. The first-order chi connectivity index (χ1) is 8.32. The van der Waals surface area contributed by atoms with E-state index in [1.165, 1.54) is 0 Å². The van der Waals surface area contributed by atoms with Gasteiger partial charge in [0.1, 0.15) is 0 Å². The predicted molar refractivity (Wildman–Crippen MR) is 70.3 cm³/mol. The minimum absolute atomic E-state index is 0.00825. The van der Waals surface area contributed by atoms with E-state index < -0.39 is 5.60 Å². The maximum atomic E-state index is 12.0. The summed E-state index contributed by atoms with van der Waals surface area (Å²) in [5.41, 5.74) is -0.895. The second-order valence-corrected chi connectivity index (χ2v) is 5.90. The van der Waals surface area contributed by atoms with Gasteiger partial charge in [-0.1, -0.05) is 6.92 Å². The summed E-state index contributed by atoms with van der Waals surface area (Å²) in [5, 5.41) is 13.0. The van der Waals surface area contributed by atoms with Crippen LogP contribution in [0, 0.1) is 11.8 Å². The molecule has 0 aromatic rings. The number of likely N-dealkylation sites (N-methyl/N-ethyl adjacent to an activating group) is 1. The quantitative estimate of drug-likeness (QED) is 0.733. The van der Waals surface area contributed by atoms with Crippen molar-refractivity contribution >= 4 is 5.91 Å². The molecule has 0 aromatic heterocycles. The monoisotopic (exact) mass is 258 g/mol. The van der Waals surface area contributed by atoms with Crippen LogP contribution in [0.1, 0.15) is 20.3 Å². The molecule has 106 valence electrons. The van der Waals surface area contributed by atoms with Crippen LogP contribution in [-0.2, 0) is 9.53 Å². The maximum absolute atomic E-state index is 12.0. The van der Waals surface area contributed by atoms with Gasteiger partial charge < -0.3 is 20.1 Å². The lowest BCUT2D eigenvalue weighted by Crippen LogP contribution is -2.49. The van der Waals surface area contributed by atoms with Crippen LogP contribution in [0.2, 0.25) is 0 Å². The van der Waals surface area contributed by atoms with E-state index in [0.717, 1.165) is 6.42 Å². The summed E-state index contributed by atoms with van der Waals surface area (Å²) in [4.78, 5) is 14.0. The van der Waals surface area contributed by atoms with Crippen LogP contribution in [-0.4, -0.2) is 61.9 Å². The van der Waals surface area contributed by atoms with Crippen molar-refractivity contribution in [1.82, 2.24) is 10.2 Å². The van der Waals surface area contributed by atoms with E-state index in [4.69, 9.17) is 4.74 Å². The summed E-state index contributed by atoms with van der Waals surface area (Å²) in [6, 6.07) is 0. The van der Waals surface area contributed by atoms with Crippen molar-refractivity contribution in [2.45, 2.75) is 25.9 Å². The molecular weight excluding hydrogens is 232 g/mol. The third-order valence-electron chi connectivity index (χ3n) is 3.28. The highest BCUT2D eigenvalue weighted by Crippen LogP contribution is 2.21. The lowest BCUT2D eigenvalue weighted by molar-refractivity contribution is -0.131. The first kappa shape index (κ1) is 15.4. The SMILES string of the molecule is CC1COCCC1C(=O)NCC(C)(O)CN(C)C. The summed E-state index contributed by atoms with van der Waals surface area (Å²) in [6.45, 7) is 5.87. The number of nitrogens with zero attached hydrogens (tertiary/aromatic N) is 1. The van der Waals surface area contributed by atoms with Crippen LogP contribution < -0.4 is 5.32 Å². The topological polar surface area (TPSA) is 61.8 Å². The zero-order valence-corrected chi connectivity index (χ0v) is 11.9. The molecule has 3 unspecified atom stereocenters. The molecule has 5 heteroatoms. The standard InChI is InChI=1S/C13H26N2O3/c1-10-7-18-6-5-11(10)12(16)14-8-13(2,17)9-15(3)4/h10-11,17H,5-9H2,1-4H3,(H,14,16). The molecule has 0 spiro atoms. The van der Waals surface area contributed by atoms with Gasteiger partial charge in [-0.05, 0) is 33.4 Å². The minimum atomic E-state index is -0.895. The highest BCUT2D eigenvalue weighted by atomic mass is 16.5. The molecule has 0 aromatic carbocycles. The van der Waals surface area contributed by atoms with Crippen molar-refractivity contribution in [1.29, 1.82) is 0 Å². The van der Waals surface area contributed by atoms with Gasteiger partial charge in [0.05, 0.1) is 5.60 Å². The number of rotatable bonds is 5. The third kappa shape index (κ3) is 4.92. The normalized spacial score (nSPS) is 27.9. The van der Waals surface area contributed by atoms with Gasteiger partial charge in [-0.3, -0.25) is 4.79 Å². The molecule has 1 aliphatic rings. The Morgan fingerprint density at radius 2 is 2.22 bits per heavy atom. The Bertz CT molecular complexity index is 279. The number of carbonyl (C=O) groups is 1. The Hall–Kier alpha value is -0.650. The Morgan fingerprint density at radius 3 is 2.78 bits per heavy atom. The van der Waals surface area contributed by atoms with E-state index in [-0.39, 0.29) is 24.3 Å². The lowest BCUT2D eigenvalue weighted by Gasteiger charge is -2.31. The van der Waals surface area contributed by atoms with Crippen LogP contribution in [0.5, 0.6) is 0 Å². The zero-order valence-electron chi connectivity index (χ0n) is 11.9. The third-order valence-corrected chi connectivity index (χ3v) is 3.28. The molecule has 1 fully saturated rings. The predicted octanol–water partition coefficient (Wildman–Crippen LogP) is 0.0878. The van der Waals surface area contributed by atoms with Crippen LogP contribution in [0.25, 0.3) is 0 Å². The largest absolute Gasteiger partial charge is 0.387 e. The van der Waals surface area contributed by atoms with Crippen molar-refractivity contribution in [3.05, 3.63) is 0 Å². The summed E-state index contributed by atoms with van der Waals surface area (Å²) >= 11 is 0. The maximum Gasteiger partial charge on any atom is 0.223 e. The average molecular weight is 258 g/mol. The Morgan fingerprint density at radius 1 is 1.56 bits per heavy atom. The summed E-state index contributed by atoms with van der Waals surface area (Å²) < 4.78 is 5.32. The van der Waals surface area contributed by atoms with Gasteiger partial charge in [-0.25, -0.2) is 0 Å². The second kappa shape index (κ2) is 6.50. The van der Waals surface area contributed by atoms with E-state index in [1.54, 1.807) is 6.92 Å². The summed E-state index contributed by atoms with van der Waals surface area (Å²) in [5.74, 6) is 0.288. The van der Waals surface area contributed by atoms with Gasteiger partial charge >= 0.3 is 0 Å². The van der Waals surface area contributed by atoms with Crippen molar-refractivity contribution < 1.29 is 14.6 Å². The molecule has 1 aliphatic heterocycles. The van der Waals surface area contributed by atoms with E-state index in [0.29, 0.717) is 19.8 Å². The van der Waals surface area contributed by atoms with Gasteiger partial charge in [0.25, 0.3) is 0 Å². The Balaban J connectivity index is 2.40. The van der Waals surface area contributed by atoms with Crippen LogP contribution >= 0.6 is 0 Å². The molecular formula is C13H26N2O3. The van der Waals surface area contributed by atoms with Gasteiger partial charge in [-0.2, -0.15) is 0 Å². The number of hydrogen-bond donors (Lipinski definition) is 2. The molecule has 0 saturated carbocycles. The van der Waals surface area contributed by atoms with Gasteiger partial charge in [-0.15, -0.1) is 0 Å². The van der Waals surface area contributed by atoms with Gasteiger partial charge in [0.15, 0.2) is 0 Å². The molecule has 0 bridgehead atoms. The second-order valence-electron chi connectivity index (χ2n) is 5.90. The smallest absolute Gasteiger partial charge is 0.223 e. The molecule has 0 radical (unpaired) electrons. The van der Waals surface area contributed by atoms with Crippen molar-refractivity contribution in [3.8, 4) is 0 Å². The Labute approximate surface area is 109 Å². The molecule has 2 N–H and O–H groups in total. The molecule has 5 nitrogen and oxygen atoms in total. The fraction of sp³-hybridized carbons (Fsp3) is 0.923. The number of amides is 1. The fourth-order valence-electron chi connectivity index (χ4n) is 2.42. The van der Waals surface area contributed by atoms with Crippen LogP contribution in [0.4, 0.5) is 0 Å². The van der Waals surface area contributed by atoms with Crippen LogP contribution in [0.3, 0.4) is 0 Å². The molecule has 0 aliphatic carbocycles. The number of nitrogens with one attached hydrogen (secondary N) is 1. The summed E-state index contributed by atoms with van der Waals surface area (Å²) in [6.07, 6.45) is 0.767. The lowest BCUT2D eigenvalue weighted by atomic mass is 9.89. The first-order valence-corrected chi connectivity index (χ1v) is 6.54. The number of hydrogen-bond acceptors (Lipinski definition) is 4. The first-order valence-electron chi connectivity index (χ1n) is 6.54. The van der Waals surface area contributed by atoms with Gasteiger partial charge in [0.2, 0.25) is 5.91 Å². The molecule has 1 heterocycles. The average Bonchev–Trinajstić information content (AvgIpc) is 2.25. The van der Waals surface area contributed by atoms with E-state index in [1.807, 2.05) is 25.9 Å². The molecule has 1 rings (SSSR count).